The molecule has 1 aromatic rings. The molecule has 1 unspecified atom stereocenters. The van der Waals surface area contributed by atoms with Crippen LogP contribution in [0.1, 0.15) is 6.42 Å². The van der Waals surface area contributed by atoms with Gasteiger partial charge < -0.3 is 4.90 Å². The molecule has 0 radical (unpaired) electrons. The lowest BCUT2D eigenvalue weighted by Crippen LogP contribution is -2.34. The predicted molar refractivity (Wildman–Crippen MR) is 75.6 cm³/mol. The van der Waals surface area contributed by atoms with E-state index in [9.17, 15) is 20.7 Å². The van der Waals surface area contributed by atoms with Crippen molar-refractivity contribution in [2.24, 2.45) is 0 Å². The van der Waals surface area contributed by atoms with Crippen molar-refractivity contribution >= 4 is 20.2 Å². The zero-order chi connectivity index (χ0) is 15.8. The van der Waals surface area contributed by atoms with E-state index >= 15 is 0 Å². The Morgan fingerprint density at radius 1 is 1.19 bits per heavy atom. The van der Waals surface area contributed by atoms with Crippen LogP contribution >= 0.6 is 0 Å². The maximum Gasteiger partial charge on any atom is 0.332 e. The van der Waals surface area contributed by atoms with Crippen LogP contribution in [0.4, 0.5) is 3.89 Å². The van der Waals surface area contributed by atoms with E-state index < -0.39 is 25.1 Å². The zero-order valence-corrected chi connectivity index (χ0v) is 13.4. The van der Waals surface area contributed by atoms with Crippen LogP contribution in [0.15, 0.2) is 34.1 Å². The molecule has 0 aliphatic carbocycles. The van der Waals surface area contributed by atoms with Gasteiger partial charge >= 0.3 is 10.2 Å². The van der Waals surface area contributed by atoms with Crippen molar-refractivity contribution < 1.29 is 20.7 Å². The molecule has 21 heavy (non-hydrogen) atoms. The highest BCUT2D eigenvalue weighted by molar-refractivity contribution is 7.89. The van der Waals surface area contributed by atoms with Gasteiger partial charge in [-0.15, -0.1) is 3.89 Å². The minimum atomic E-state index is -4.92. The van der Waals surface area contributed by atoms with Gasteiger partial charge in [-0.2, -0.15) is 12.7 Å². The summed E-state index contributed by atoms with van der Waals surface area (Å²) in [5.41, 5.74) is 0. The van der Waals surface area contributed by atoms with Crippen LogP contribution in [0.25, 0.3) is 0 Å². The third-order valence-electron chi connectivity index (χ3n) is 3.58. The number of hydrogen-bond donors (Lipinski definition) is 0. The van der Waals surface area contributed by atoms with Crippen molar-refractivity contribution in [3.63, 3.8) is 0 Å². The Kier molecular flexibility index (Phi) is 4.39. The maximum absolute atomic E-state index is 13.0. The summed E-state index contributed by atoms with van der Waals surface area (Å²) in [5.74, 6) is 0. The number of sulfonamides is 1. The highest BCUT2D eigenvalue weighted by Gasteiger charge is 2.33. The van der Waals surface area contributed by atoms with Crippen molar-refractivity contribution in [3.8, 4) is 0 Å². The zero-order valence-electron chi connectivity index (χ0n) is 11.7. The molecular formula is C12H17FN2O4S2. The van der Waals surface area contributed by atoms with E-state index in [1.54, 1.807) is 0 Å². The number of hydrogen-bond acceptors (Lipinski definition) is 5. The van der Waals surface area contributed by atoms with Gasteiger partial charge in [-0.05, 0) is 38.7 Å². The third-order valence-corrected chi connectivity index (χ3v) is 6.26. The lowest BCUT2D eigenvalue weighted by Gasteiger charge is -2.20. The first kappa shape index (κ1) is 16.3. The van der Waals surface area contributed by atoms with Crippen LogP contribution in [-0.2, 0) is 20.2 Å². The first-order valence-electron chi connectivity index (χ1n) is 6.33. The molecule has 1 saturated heterocycles. The van der Waals surface area contributed by atoms with E-state index in [1.807, 2.05) is 19.0 Å². The fourth-order valence-electron chi connectivity index (χ4n) is 2.29. The standard InChI is InChI=1S/C12H17FN2O4S2/c1-14(2)10-6-7-15(9-10)21(18,19)12-5-3-4-11(8-12)20(13,16)17/h3-5,8,10H,6-7,9H2,1-2H3. The molecule has 0 amide bonds. The Balaban J connectivity index is 2.33. The van der Waals surface area contributed by atoms with Crippen LogP contribution in [0, 0.1) is 0 Å². The minimum absolute atomic E-state index is 0.118. The Morgan fingerprint density at radius 3 is 2.33 bits per heavy atom. The number of rotatable bonds is 4. The second kappa shape index (κ2) is 5.64. The van der Waals surface area contributed by atoms with E-state index in [2.05, 4.69) is 0 Å². The Morgan fingerprint density at radius 2 is 1.81 bits per heavy atom. The SMILES string of the molecule is CN(C)C1CCN(S(=O)(=O)c2cccc(S(=O)(=O)F)c2)C1. The summed E-state index contributed by atoms with van der Waals surface area (Å²) < 4.78 is 61.0. The Labute approximate surface area is 124 Å². The first-order chi connectivity index (χ1) is 9.62. The summed E-state index contributed by atoms with van der Waals surface area (Å²) in [7, 11) is -4.99. The van der Waals surface area contributed by atoms with Crippen LogP contribution in [0.3, 0.4) is 0 Å². The smallest absolute Gasteiger partial charge is 0.305 e. The molecule has 0 spiro atoms. The van der Waals surface area contributed by atoms with Crippen molar-refractivity contribution in [1.29, 1.82) is 0 Å². The molecule has 0 aromatic heterocycles. The Bertz CT molecular complexity index is 731. The third kappa shape index (κ3) is 3.42. The minimum Gasteiger partial charge on any atom is -0.305 e. The molecule has 1 aliphatic rings. The molecule has 1 fully saturated rings. The molecule has 0 N–H and O–H groups in total. The van der Waals surface area contributed by atoms with Gasteiger partial charge in [0.1, 0.15) is 0 Å². The van der Waals surface area contributed by atoms with E-state index in [0.717, 1.165) is 12.1 Å². The van der Waals surface area contributed by atoms with E-state index in [-0.39, 0.29) is 10.9 Å². The van der Waals surface area contributed by atoms with Gasteiger partial charge in [-0.25, -0.2) is 8.42 Å². The second-order valence-corrected chi connectivity index (χ2v) is 8.47. The maximum atomic E-state index is 13.0. The van der Waals surface area contributed by atoms with Gasteiger partial charge in [0.05, 0.1) is 9.79 Å². The molecule has 1 heterocycles. The molecular weight excluding hydrogens is 319 g/mol. The molecule has 0 bridgehead atoms. The molecule has 1 aromatic carbocycles. The summed E-state index contributed by atoms with van der Waals surface area (Å²) in [6.07, 6.45) is 0.702. The second-order valence-electron chi connectivity index (χ2n) is 5.18. The van der Waals surface area contributed by atoms with Crippen LogP contribution in [0.5, 0.6) is 0 Å². The highest BCUT2D eigenvalue weighted by atomic mass is 32.3. The van der Waals surface area contributed by atoms with E-state index in [0.29, 0.717) is 19.5 Å². The molecule has 2 rings (SSSR count). The molecule has 0 saturated carbocycles. The van der Waals surface area contributed by atoms with Gasteiger partial charge in [-0.1, -0.05) is 6.07 Å². The van der Waals surface area contributed by atoms with Crippen molar-refractivity contribution in [3.05, 3.63) is 24.3 Å². The number of halogens is 1. The number of benzene rings is 1. The topological polar surface area (TPSA) is 74.8 Å². The van der Waals surface area contributed by atoms with Crippen molar-refractivity contribution in [2.45, 2.75) is 22.3 Å². The lowest BCUT2D eigenvalue weighted by atomic mass is 10.2. The molecule has 118 valence electrons. The summed E-state index contributed by atoms with van der Waals surface area (Å²) in [6, 6.07) is 4.49. The van der Waals surface area contributed by atoms with Gasteiger partial charge in [0, 0.05) is 19.1 Å². The number of likely N-dealkylation sites (N-methyl/N-ethyl adjacent to an activating group) is 1. The monoisotopic (exact) mass is 336 g/mol. The Hall–Kier alpha value is -1.03. The molecule has 1 aliphatic heterocycles. The average Bonchev–Trinajstić information content (AvgIpc) is 2.88. The van der Waals surface area contributed by atoms with Gasteiger partial charge in [-0.3, -0.25) is 0 Å². The predicted octanol–water partition coefficient (Wildman–Crippen LogP) is 0.669. The summed E-state index contributed by atoms with van der Waals surface area (Å²) >= 11 is 0. The summed E-state index contributed by atoms with van der Waals surface area (Å²) in [5, 5.41) is 0. The fraction of sp³-hybridized carbons (Fsp3) is 0.500. The van der Waals surface area contributed by atoms with E-state index in [1.165, 1.54) is 16.4 Å². The summed E-state index contributed by atoms with van der Waals surface area (Å²) in [4.78, 5) is 1.09. The molecule has 6 nitrogen and oxygen atoms in total. The lowest BCUT2D eigenvalue weighted by molar-refractivity contribution is 0.302. The quantitative estimate of drug-likeness (QED) is 0.756. The first-order valence-corrected chi connectivity index (χ1v) is 9.16. The number of nitrogens with zero attached hydrogens (tertiary/aromatic N) is 2. The molecule has 9 heteroatoms. The highest BCUT2D eigenvalue weighted by Crippen LogP contribution is 2.24. The largest absolute Gasteiger partial charge is 0.332 e. The summed E-state index contributed by atoms with van der Waals surface area (Å²) in [6.45, 7) is 0.694. The van der Waals surface area contributed by atoms with Gasteiger partial charge in [0.25, 0.3) is 0 Å². The fourth-order valence-corrected chi connectivity index (χ4v) is 4.41. The van der Waals surface area contributed by atoms with E-state index in [4.69, 9.17) is 0 Å². The van der Waals surface area contributed by atoms with Crippen molar-refractivity contribution in [2.75, 3.05) is 27.2 Å². The van der Waals surface area contributed by atoms with Gasteiger partial charge in [0.2, 0.25) is 10.0 Å². The average molecular weight is 336 g/mol. The normalized spacial score (nSPS) is 21.0. The van der Waals surface area contributed by atoms with Crippen LogP contribution in [0.2, 0.25) is 0 Å². The van der Waals surface area contributed by atoms with Crippen molar-refractivity contribution in [1.82, 2.24) is 9.21 Å². The van der Waals surface area contributed by atoms with Gasteiger partial charge in [0.15, 0.2) is 0 Å². The molecule has 1 atom stereocenters. The van der Waals surface area contributed by atoms with Crippen LogP contribution < -0.4 is 0 Å². The van der Waals surface area contributed by atoms with Crippen LogP contribution in [-0.4, -0.2) is 59.3 Å².